The second-order valence-electron chi connectivity index (χ2n) is 3.57. The molecule has 13 heavy (non-hydrogen) atoms. The molecular weight excluding hydrogens is 182 g/mol. The molecule has 0 aromatic carbocycles. The van der Waals surface area contributed by atoms with Crippen LogP contribution >= 0.6 is 11.8 Å². The van der Waals surface area contributed by atoms with Crippen molar-refractivity contribution in [2.24, 2.45) is 0 Å². The van der Waals surface area contributed by atoms with Gasteiger partial charge in [0.05, 0.1) is 9.93 Å². The molecule has 0 atom stereocenters. The lowest BCUT2D eigenvalue weighted by Crippen LogP contribution is -2.18. The number of rotatable bonds is 2. The number of carbonyl (C=O) groups excluding carboxylic acids is 1. The summed E-state index contributed by atoms with van der Waals surface area (Å²) < 4.78 is 0. The Kier molecular flexibility index (Phi) is 1.99. The predicted molar refractivity (Wildman–Crippen MR) is 55.0 cm³/mol. The zero-order valence-corrected chi connectivity index (χ0v) is 8.78. The van der Waals surface area contributed by atoms with Crippen LogP contribution in [-0.2, 0) is 4.79 Å². The molecule has 1 aliphatic carbocycles. The van der Waals surface area contributed by atoms with Crippen molar-refractivity contribution >= 4 is 17.5 Å². The number of Topliss-reactive ketones (excluding diaryl/α,β-unsaturated/α-hetero) is 1. The van der Waals surface area contributed by atoms with E-state index in [0.717, 1.165) is 15.6 Å². The van der Waals surface area contributed by atoms with Gasteiger partial charge in [-0.3, -0.25) is 4.79 Å². The standard InChI is InChI=1S/C10H13NOS/c1-6-10(7(2)12)13-8(3)11(6)9-4-5-9/h9H,3-5H2,1-2H3. The molecule has 1 aliphatic heterocycles. The SMILES string of the molecule is C=C1SC(C(C)=O)=C(C)N1C1CC1. The largest absolute Gasteiger partial charge is 0.336 e. The fourth-order valence-electron chi connectivity index (χ4n) is 1.67. The van der Waals surface area contributed by atoms with E-state index >= 15 is 0 Å². The van der Waals surface area contributed by atoms with Crippen LogP contribution in [0.3, 0.4) is 0 Å². The Morgan fingerprint density at radius 2 is 2.23 bits per heavy atom. The van der Waals surface area contributed by atoms with Crippen molar-refractivity contribution in [1.82, 2.24) is 4.90 Å². The van der Waals surface area contributed by atoms with Gasteiger partial charge in [0.15, 0.2) is 5.78 Å². The zero-order valence-electron chi connectivity index (χ0n) is 7.96. The minimum absolute atomic E-state index is 0.159. The van der Waals surface area contributed by atoms with E-state index < -0.39 is 0 Å². The highest BCUT2D eigenvalue weighted by Crippen LogP contribution is 2.46. The molecule has 0 spiro atoms. The van der Waals surface area contributed by atoms with E-state index in [9.17, 15) is 4.79 Å². The van der Waals surface area contributed by atoms with Crippen molar-refractivity contribution in [3.05, 3.63) is 22.2 Å². The molecule has 0 radical (unpaired) electrons. The molecule has 3 heteroatoms. The van der Waals surface area contributed by atoms with Gasteiger partial charge in [-0.2, -0.15) is 0 Å². The average molecular weight is 195 g/mol. The molecule has 0 amide bonds. The Labute approximate surface area is 82.7 Å². The first-order chi connectivity index (χ1) is 6.11. The van der Waals surface area contributed by atoms with E-state index in [1.165, 1.54) is 24.6 Å². The van der Waals surface area contributed by atoms with Crippen LogP contribution in [0.2, 0.25) is 0 Å². The second-order valence-corrected chi connectivity index (χ2v) is 4.65. The predicted octanol–water partition coefficient (Wildman–Crippen LogP) is 2.49. The topological polar surface area (TPSA) is 20.3 Å². The normalized spacial score (nSPS) is 22.9. The number of allylic oxidation sites excluding steroid dienone is 2. The Bertz CT molecular complexity index is 315. The quantitative estimate of drug-likeness (QED) is 0.675. The summed E-state index contributed by atoms with van der Waals surface area (Å²) in [6.45, 7) is 7.61. The summed E-state index contributed by atoms with van der Waals surface area (Å²) in [6, 6.07) is 0.622. The summed E-state index contributed by atoms with van der Waals surface area (Å²) in [5.74, 6) is 0.159. The first-order valence-electron chi connectivity index (χ1n) is 4.49. The van der Waals surface area contributed by atoms with Crippen molar-refractivity contribution in [3.8, 4) is 0 Å². The van der Waals surface area contributed by atoms with Crippen molar-refractivity contribution in [2.75, 3.05) is 0 Å². The molecule has 2 aliphatic rings. The summed E-state index contributed by atoms with van der Waals surface area (Å²) in [4.78, 5) is 14.3. The minimum atomic E-state index is 0.159. The third kappa shape index (κ3) is 1.41. The van der Waals surface area contributed by atoms with Crippen molar-refractivity contribution in [1.29, 1.82) is 0 Å². The molecule has 1 fully saturated rings. The van der Waals surface area contributed by atoms with Gasteiger partial charge < -0.3 is 4.90 Å². The second kappa shape index (κ2) is 2.91. The lowest BCUT2D eigenvalue weighted by Gasteiger charge is -2.19. The highest BCUT2D eigenvalue weighted by atomic mass is 32.2. The molecular formula is C10H13NOS. The molecule has 0 aromatic rings. The van der Waals surface area contributed by atoms with Gasteiger partial charge in [-0.1, -0.05) is 18.3 Å². The Hall–Kier alpha value is -0.700. The van der Waals surface area contributed by atoms with Crippen LogP contribution in [0.5, 0.6) is 0 Å². The molecule has 1 saturated carbocycles. The van der Waals surface area contributed by atoms with Crippen LogP contribution in [0.1, 0.15) is 26.7 Å². The first kappa shape index (κ1) is 8.88. The number of hydrogen-bond donors (Lipinski definition) is 0. The van der Waals surface area contributed by atoms with Gasteiger partial charge in [0.25, 0.3) is 0 Å². The lowest BCUT2D eigenvalue weighted by atomic mass is 10.3. The monoisotopic (exact) mass is 195 g/mol. The molecule has 2 nitrogen and oxygen atoms in total. The molecule has 0 saturated heterocycles. The van der Waals surface area contributed by atoms with Crippen LogP contribution in [0.4, 0.5) is 0 Å². The van der Waals surface area contributed by atoms with Crippen LogP contribution in [-0.4, -0.2) is 16.7 Å². The summed E-state index contributed by atoms with van der Waals surface area (Å²) in [7, 11) is 0. The summed E-state index contributed by atoms with van der Waals surface area (Å²) in [5, 5.41) is 1.02. The van der Waals surface area contributed by atoms with Gasteiger partial charge in [-0.15, -0.1) is 0 Å². The smallest absolute Gasteiger partial charge is 0.168 e. The number of ketones is 1. The molecule has 0 aromatic heterocycles. The van der Waals surface area contributed by atoms with E-state index in [4.69, 9.17) is 0 Å². The van der Waals surface area contributed by atoms with E-state index in [1.807, 2.05) is 6.92 Å². The number of hydrogen-bond acceptors (Lipinski definition) is 3. The van der Waals surface area contributed by atoms with Crippen molar-refractivity contribution in [3.63, 3.8) is 0 Å². The Morgan fingerprint density at radius 3 is 2.62 bits per heavy atom. The first-order valence-corrected chi connectivity index (χ1v) is 5.30. The number of thioether (sulfide) groups is 1. The molecule has 2 rings (SSSR count). The van der Waals surface area contributed by atoms with Gasteiger partial charge in [0.2, 0.25) is 0 Å². The highest BCUT2D eigenvalue weighted by Gasteiger charge is 2.37. The number of carbonyl (C=O) groups is 1. The fraction of sp³-hybridized carbons (Fsp3) is 0.500. The number of nitrogens with zero attached hydrogens (tertiary/aromatic N) is 1. The summed E-state index contributed by atoms with van der Waals surface area (Å²) >= 11 is 1.52. The van der Waals surface area contributed by atoms with Crippen LogP contribution in [0.15, 0.2) is 22.2 Å². The average Bonchev–Trinajstić information content (AvgIpc) is 2.80. The molecule has 70 valence electrons. The summed E-state index contributed by atoms with van der Waals surface area (Å²) in [5.41, 5.74) is 1.10. The zero-order chi connectivity index (χ0) is 9.59. The van der Waals surface area contributed by atoms with Crippen LogP contribution in [0, 0.1) is 0 Å². The van der Waals surface area contributed by atoms with Crippen LogP contribution < -0.4 is 0 Å². The maximum Gasteiger partial charge on any atom is 0.168 e. The Morgan fingerprint density at radius 1 is 1.62 bits per heavy atom. The van der Waals surface area contributed by atoms with Gasteiger partial charge in [0.1, 0.15) is 0 Å². The minimum Gasteiger partial charge on any atom is -0.336 e. The third-order valence-corrected chi connectivity index (χ3v) is 3.63. The summed E-state index contributed by atoms with van der Waals surface area (Å²) in [6.07, 6.45) is 2.48. The van der Waals surface area contributed by atoms with Gasteiger partial charge in [-0.05, 0) is 26.7 Å². The van der Waals surface area contributed by atoms with E-state index in [-0.39, 0.29) is 5.78 Å². The maximum atomic E-state index is 11.2. The van der Waals surface area contributed by atoms with Crippen molar-refractivity contribution < 1.29 is 4.79 Å². The van der Waals surface area contributed by atoms with Gasteiger partial charge in [0, 0.05) is 11.7 Å². The van der Waals surface area contributed by atoms with Gasteiger partial charge >= 0.3 is 0 Å². The molecule has 0 N–H and O–H groups in total. The van der Waals surface area contributed by atoms with Crippen molar-refractivity contribution in [2.45, 2.75) is 32.7 Å². The van der Waals surface area contributed by atoms with E-state index in [1.54, 1.807) is 6.92 Å². The fourth-order valence-corrected chi connectivity index (χ4v) is 2.68. The van der Waals surface area contributed by atoms with Gasteiger partial charge in [-0.25, -0.2) is 0 Å². The third-order valence-electron chi connectivity index (χ3n) is 2.41. The highest BCUT2D eigenvalue weighted by molar-refractivity contribution is 8.07. The Balaban J connectivity index is 2.28. The molecule has 1 heterocycles. The lowest BCUT2D eigenvalue weighted by molar-refractivity contribution is -0.113. The maximum absolute atomic E-state index is 11.2. The van der Waals surface area contributed by atoms with Crippen LogP contribution in [0.25, 0.3) is 0 Å². The molecule has 0 unspecified atom stereocenters. The molecule has 0 bridgehead atoms. The van der Waals surface area contributed by atoms with E-state index in [2.05, 4.69) is 11.5 Å². The van der Waals surface area contributed by atoms with E-state index in [0.29, 0.717) is 6.04 Å².